The summed E-state index contributed by atoms with van der Waals surface area (Å²) in [6.45, 7) is 0. The molecule has 2 atom stereocenters. The minimum Gasteiger partial charge on any atom is -0.386 e. The van der Waals surface area contributed by atoms with Crippen molar-refractivity contribution in [1.29, 1.82) is 0 Å². The van der Waals surface area contributed by atoms with Crippen molar-refractivity contribution in [3.05, 3.63) is 100 Å². The number of aliphatic hydroxyl groups excluding tert-OH is 1. The summed E-state index contributed by atoms with van der Waals surface area (Å²) in [6.07, 6.45) is -0.733. The summed E-state index contributed by atoms with van der Waals surface area (Å²) >= 11 is 11.9. The quantitative estimate of drug-likeness (QED) is 0.597. The molecule has 24 heavy (non-hydrogen) atoms. The van der Waals surface area contributed by atoms with E-state index in [1.54, 1.807) is 12.1 Å². The van der Waals surface area contributed by atoms with Crippen molar-refractivity contribution in [3.8, 4) is 0 Å². The van der Waals surface area contributed by atoms with Gasteiger partial charge in [-0.15, -0.1) is 0 Å². The second-order valence-electron chi connectivity index (χ2n) is 5.54. The van der Waals surface area contributed by atoms with Crippen LogP contribution in [0.15, 0.2) is 78.9 Å². The van der Waals surface area contributed by atoms with Gasteiger partial charge in [0.05, 0.1) is 6.04 Å². The fraction of sp³-hybridized carbons (Fsp3) is 0.100. The van der Waals surface area contributed by atoms with Gasteiger partial charge in [0.1, 0.15) is 6.10 Å². The molecule has 0 aromatic heterocycles. The largest absolute Gasteiger partial charge is 0.386 e. The highest BCUT2D eigenvalue weighted by Gasteiger charge is 2.22. The molecule has 3 aromatic carbocycles. The Hall–Kier alpha value is -2.00. The second-order valence-corrected chi connectivity index (χ2v) is 6.41. The highest BCUT2D eigenvalue weighted by atomic mass is 35.5. The van der Waals surface area contributed by atoms with E-state index in [4.69, 9.17) is 23.2 Å². The summed E-state index contributed by atoms with van der Waals surface area (Å²) in [4.78, 5) is 0. The summed E-state index contributed by atoms with van der Waals surface area (Å²) in [7, 11) is 0. The molecule has 0 amide bonds. The molecule has 0 spiro atoms. The Balaban J connectivity index is 1.94. The van der Waals surface area contributed by atoms with Crippen molar-refractivity contribution in [3.63, 3.8) is 0 Å². The molecule has 0 unspecified atom stereocenters. The molecule has 2 nitrogen and oxygen atoms in total. The Morgan fingerprint density at radius 3 is 1.71 bits per heavy atom. The first-order valence-electron chi connectivity index (χ1n) is 7.64. The number of para-hydroxylation sites is 1. The molecule has 0 saturated carbocycles. The summed E-state index contributed by atoms with van der Waals surface area (Å²) in [5.74, 6) is 0. The molecular weight excluding hydrogens is 341 g/mol. The molecule has 0 radical (unpaired) electrons. The van der Waals surface area contributed by atoms with Gasteiger partial charge < -0.3 is 10.4 Å². The van der Waals surface area contributed by atoms with Crippen molar-refractivity contribution < 1.29 is 5.11 Å². The van der Waals surface area contributed by atoms with Gasteiger partial charge in [0, 0.05) is 15.7 Å². The van der Waals surface area contributed by atoms with E-state index in [1.807, 2.05) is 66.7 Å². The van der Waals surface area contributed by atoms with Crippen LogP contribution in [0.3, 0.4) is 0 Å². The number of halogens is 2. The first-order chi connectivity index (χ1) is 11.6. The Bertz CT molecular complexity index is 773. The van der Waals surface area contributed by atoms with Gasteiger partial charge in [-0.2, -0.15) is 0 Å². The van der Waals surface area contributed by atoms with Gasteiger partial charge in [0.25, 0.3) is 0 Å². The zero-order valence-corrected chi connectivity index (χ0v) is 14.4. The fourth-order valence-corrected chi connectivity index (χ4v) is 2.83. The van der Waals surface area contributed by atoms with Gasteiger partial charge in [-0.05, 0) is 47.5 Å². The maximum atomic E-state index is 10.9. The molecule has 4 heteroatoms. The predicted molar refractivity (Wildman–Crippen MR) is 101 cm³/mol. The topological polar surface area (TPSA) is 32.3 Å². The smallest absolute Gasteiger partial charge is 0.103 e. The van der Waals surface area contributed by atoms with Crippen LogP contribution >= 0.6 is 23.2 Å². The number of hydrogen-bond donors (Lipinski definition) is 2. The van der Waals surface area contributed by atoms with Crippen LogP contribution < -0.4 is 5.32 Å². The lowest BCUT2D eigenvalue weighted by Gasteiger charge is -2.26. The van der Waals surface area contributed by atoms with E-state index < -0.39 is 6.10 Å². The van der Waals surface area contributed by atoms with E-state index in [0.717, 1.165) is 16.8 Å². The molecule has 0 saturated heterocycles. The molecule has 0 heterocycles. The maximum absolute atomic E-state index is 10.9. The lowest BCUT2D eigenvalue weighted by atomic mass is 9.95. The summed E-state index contributed by atoms with van der Waals surface area (Å²) < 4.78 is 0. The van der Waals surface area contributed by atoms with Crippen LogP contribution in [-0.2, 0) is 0 Å². The van der Waals surface area contributed by atoms with Gasteiger partial charge in [-0.1, -0.05) is 65.7 Å². The highest BCUT2D eigenvalue weighted by molar-refractivity contribution is 6.30. The average molecular weight is 358 g/mol. The molecule has 0 aliphatic carbocycles. The zero-order chi connectivity index (χ0) is 16.9. The number of benzene rings is 3. The normalized spacial score (nSPS) is 13.3. The monoisotopic (exact) mass is 357 g/mol. The highest BCUT2D eigenvalue weighted by Crippen LogP contribution is 2.33. The fourth-order valence-electron chi connectivity index (χ4n) is 2.58. The molecule has 3 aromatic rings. The van der Waals surface area contributed by atoms with Crippen molar-refractivity contribution in [2.75, 3.05) is 5.32 Å². The second kappa shape index (κ2) is 7.71. The number of aliphatic hydroxyl groups is 1. The number of hydrogen-bond acceptors (Lipinski definition) is 2. The number of nitrogens with one attached hydrogen (secondary N) is 1. The van der Waals surface area contributed by atoms with E-state index in [0.29, 0.717) is 10.0 Å². The SMILES string of the molecule is O[C@@H](c1ccc(Cl)cc1)[C@@H](Nc1ccccc1)c1ccc(Cl)cc1. The van der Waals surface area contributed by atoms with Crippen molar-refractivity contribution in [2.45, 2.75) is 12.1 Å². The molecular formula is C20H17Cl2NO. The van der Waals surface area contributed by atoms with Crippen LogP contribution in [0.4, 0.5) is 5.69 Å². The zero-order valence-electron chi connectivity index (χ0n) is 12.9. The van der Waals surface area contributed by atoms with Crippen LogP contribution in [0, 0.1) is 0 Å². The molecule has 0 aliphatic heterocycles. The molecule has 0 bridgehead atoms. The van der Waals surface area contributed by atoms with Crippen LogP contribution in [-0.4, -0.2) is 5.11 Å². The van der Waals surface area contributed by atoms with E-state index in [1.165, 1.54) is 0 Å². The predicted octanol–water partition coefficient (Wildman–Crippen LogP) is 5.88. The summed E-state index contributed by atoms with van der Waals surface area (Å²) in [6, 6.07) is 24.2. The molecule has 122 valence electrons. The van der Waals surface area contributed by atoms with E-state index in [2.05, 4.69) is 5.32 Å². The molecule has 3 rings (SSSR count). The minimum absolute atomic E-state index is 0.314. The summed E-state index contributed by atoms with van der Waals surface area (Å²) in [5.41, 5.74) is 2.68. The average Bonchev–Trinajstić information content (AvgIpc) is 2.62. The van der Waals surface area contributed by atoms with Crippen LogP contribution in [0.25, 0.3) is 0 Å². The standard InChI is InChI=1S/C20H17Cl2NO/c21-16-10-6-14(7-11-16)19(23-18-4-2-1-3-5-18)20(24)15-8-12-17(22)13-9-15/h1-13,19-20,23-24H/t19-,20-/m0/s1. The first-order valence-corrected chi connectivity index (χ1v) is 8.39. The van der Waals surface area contributed by atoms with Crippen molar-refractivity contribution in [1.82, 2.24) is 0 Å². The molecule has 0 aliphatic rings. The van der Waals surface area contributed by atoms with Gasteiger partial charge >= 0.3 is 0 Å². The third kappa shape index (κ3) is 4.09. The van der Waals surface area contributed by atoms with Gasteiger partial charge in [-0.25, -0.2) is 0 Å². The van der Waals surface area contributed by atoms with E-state index >= 15 is 0 Å². The van der Waals surface area contributed by atoms with Gasteiger partial charge in [0.2, 0.25) is 0 Å². The van der Waals surface area contributed by atoms with E-state index in [-0.39, 0.29) is 6.04 Å². The van der Waals surface area contributed by atoms with Crippen molar-refractivity contribution >= 4 is 28.9 Å². The Labute approximate surface area is 151 Å². The van der Waals surface area contributed by atoms with Crippen molar-refractivity contribution in [2.24, 2.45) is 0 Å². The molecule has 0 fully saturated rings. The Morgan fingerprint density at radius 1 is 0.667 bits per heavy atom. The summed E-state index contributed by atoms with van der Waals surface area (Å²) in [5, 5.41) is 15.6. The number of rotatable bonds is 5. The lowest BCUT2D eigenvalue weighted by Crippen LogP contribution is -2.19. The van der Waals surface area contributed by atoms with Crippen LogP contribution in [0.5, 0.6) is 0 Å². The Morgan fingerprint density at radius 2 is 1.17 bits per heavy atom. The van der Waals surface area contributed by atoms with E-state index in [9.17, 15) is 5.11 Å². The maximum Gasteiger partial charge on any atom is 0.103 e. The third-order valence-corrected chi connectivity index (χ3v) is 4.36. The molecule has 2 N–H and O–H groups in total. The van der Waals surface area contributed by atoms with Gasteiger partial charge in [0.15, 0.2) is 0 Å². The number of anilines is 1. The Kier molecular flexibility index (Phi) is 5.41. The third-order valence-electron chi connectivity index (χ3n) is 3.85. The first kappa shape index (κ1) is 16.8. The minimum atomic E-state index is -0.733. The van der Waals surface area contributed by atoms with Crippen LogP contribution in [0.2, 0.25) is 10.0 Å². The van der Waals surface area contributed by atoms with Crippen LogP contribution in [0.1, 0.15) is 23.3 Å². The lowest BCUT2D eigenvalue weighted by molar-refractivity contribution is 0.155. The van der Waals surface area contributed by atoms with Gasteiger partial charge in [-0.3, -0.25) is 0 Å².